The van der Waals surface area contributed by atoms with E-state index in [1.807, 2.05) is 31.2 Å². The molecule has 3 N–H and O–H groups in total. The van der Waals surface area contributed by atoms with Gasteiger partial charge in [-0.3, -0.25) is 0 Å². The summed E-state index contributed by atoms with van der Waals surface area (Å²) in [5.41, 5.74) is 8.91. The van der Waals surface area contributed by atoms with Gasteiger partial charge in [0.2, 0.25) is 11.9 Å². The van der Waals surface area contributed by atoms with Crippen LogP contribution in [0.3, 0.4) is 0 Å². The van der Waals surface area contributed by atoms with Crippen LogP contribution in [-0.2, 0) is 12.3 Å². The van der Waals surface area contributed by atoms with Gasteiger partial charge in [0.05, 0.1) is 24.2 Å². The summed E-state index contributed by atoms with van der Waals surface area (Å²) in [5.74, 6) is 2.92. The Bertz CT molecular complexity index is 987. The zero-order chi connectivity index (χ0) is 21.0. The van der Waals surface area contributed by atoms with E-state index in [9.17, 15) is 0 Å². The number of hydrogen-bond donors (Lipinski definition) is 2. The smallest absolute Gasteiger partial charge is 0.232 e. The molecule has 154 valence electrons. The van der Waals surface area contributed by atoms with Gasteiger partial charge in [-0.1, -0.05) is 37.7 Å². The van der Waals surface area contributed by atoms with Crippen LogP contribution >= 0.6 is 11.8 Å². The van der Waals surface area contributed by atoms with E-state index in [0.29, 0.717) is 29.2 Å². The van der Waals surface area contributed by atoms with E-state index in [1.54, 1.807) is 18.9 Å². The molecular weight excluding hydrogens is 386 g/mol. The number of nitrogen functional groups attached to an aromatic ring is 1. The van der Waals surface area contributed by atoms with Gasteiger partial charge in [-0.25, -0.2) is 4.98 Å². The minimum Gasteiger partial charge on any atom is -0.495 e. The Kier molecular flexibility index (Phi) is 6.58. The van der Waals surface area contributed by atoms with Crippen molar-refractivity contribution in [2.45, 2.75) is 45.1 Å². The maximum Gasteiger partial charge on any atom is 0.232 e. The molecule has 1 aromatic carbocycles. The summed E-state index contributed by atoms with van der Waals surface area (Å²) in [4.78, 5) is 17.7. The Balaban J connectivity index is 1.78. The first-order valence-corrected chi connectivity index (χ1v) is 10.4. The molecule has 0 unspecified atom stereocenters. The fourth-order valence-corrected chi connectivity index (χ4v) is 3.83. The van der Waals surface area contributed by atoms with Crippen LogP contribution in [0.2, 0.25) is 0 Å². The molecule has 0 fully saturated rings. The number of nitrogens with two attached hydrogens (primary N) is 1. The lowest BCUT2D eigenvalue weighted by Crippen LogP contribution is -2.09. The molecule has 29 heavy (non-hydrogen) atoms. The topological polar surface area (TPSA) is 104 Å². The lowest BCUT2D eigenvalue weighted by atomic mass is 10.2. The number of nitrogens with one attached hydrogen (secondary N) is 1. The van der Waals surface area contributed by atoms with Gasteiger partial charge in [-0.05, 0) is 31.9 Å². The molecule has 0 atom stereocenters. The van der Waals surface area contributed by atoms with Crippen LogP contribution in [0.25, 0.3) is 0 Å². The van der Waals surface area contributed by atoms with E-state index in [1.165, 1.54) is 5.69 Å². The fourth-order valence-electron chi connectivity index (χ4n) is 2.87. The Morgan fingerprint density at radius 2 is 1.90 bits per heavy atom. The number of hydrogen-bond acceptors (Lipinski definition) is 8. The lowest BCUT2D eigenvalue weighted by Gasteiger charge is -2.12. The number of methoxy groups -OCH3 is 1. The minimum atomic E-state index is 0.172. The van der Waals surface area contributed by atoms with Crippen molar-refractivity contribution in [2.75, 3.05) is 18.2 Å². The van der Waals surface area contributed by atoms with E-state index in [2.05, 4.69) is 45.6 Å². The van der Waals surface area contributed by atoms with Gasteiger partial charge in [-0.2, -0.15) is 15.0 Å². The first-order valence-electron chi connectivity index (χ1n) is 9.44. The molecule has 3 rings (SSSR count). The standard InChI is InChI=1S/C20H27N7OS/c1-12(2)10-27-14(4)13(3)22-20(27)29-11-17-24-18(21)26-19(25-17)23-15-8-6-7-9-16(15)28-5/h6-9,12H,10-11H2,1-5H3,(H3,21,23,24,25,26). The van der Waals surface area contributed by atoms with Crippen LogP contribution in [0.15, 0.2) is 29.4 Å². The van der Waals surface area contributed by atoms with E-state index in [0.717, 1.165) is 23.1 Å². The van der Waals surface area contributed by atoms with Crippen molar-refractivity contribution in [1.82, 2.24) is 24.5 Å². The number of imidazole rings is 1. The van der Waals surface area contributed by atoms with Gasteiger partial charge in [0.1, 0.15) is 11.6 Å². The largest absolute Gasteiger partial charge is 0.495 e. The van der Waals surface area contributed by atoms with Gasteiger partial charge in [0, 0.05) is 12.2 Å². The highest BCUT2D eigenvalue weighted by Gasteiger charge is 2.14. The number of thioether (sulfide) groups is 1. The van der Waals surface area contributed by atoms with E-state index >= 15 is 0 Å². The Hall–Kier alpha value is -2.81. The van der Waals surface area contributed by atoms with Crippen molar-refractivity contribution in [3.63, 3.8) is 0 Å². The molecule has 0 bridgehead atoms. The SMILES string of the molecule is COc1ccccc1Nc1nc(N)nc(CSc2nc(C)c(C)n2CC(C)C)n1. The number of para-hydroxylation sites is 2. The number of aromatic nitrogens is 5. The Morgan fingerprint density at radius 3 is 2.62 bits per heavy atom. The minimum absolute atomic E-state index is 0.172. The van der Waals surface area contributed by atoms with Gasteiger partial charge >= 0.3 is 0 Å². The second-order valence-corrected chi connectivity index (χ2v) is 8.06. The summed E-state index contributed by atoms with van der Waals surface area (Å²) in [6, 6.07) is 7.56. The van der Waals surface area contributed by atoms with Crippen molar-refractivity contribution in [2.24, 2.45) is 5.92 Å². The molecule has 0 saturated carbocycles. The quantitative estimate of drug-likeness (QED) is 0.535. The fraction of sp³-hybridized carbons (Fsp3) is 0.400. The van der Waals surface area contributed by atoms with Crippen LogP contribution in [-0.4, -0.2) is 31.6 Å². The van der Waals surface area contributed by atoms with E-state index in [-0.39, 0.29) is 5.95 Å². The molecule has 0 amide bonds. The second kappa shape index (κ2) is 9.13. The van der Waals surface area contributed by atoms with Crippen LogP contribution in [0, 0.1) is 19.8 Å². The monoisotopic (exact) mass is 413 g/mol. The predicted octanol–water partition coefficient (Wildman–Crippen LogP) is 3.97. The van der Waals surface area contributed by atoms with E-state index < -0.39 is 0 Å². The summed E-state index contributed by atoms with van der Waals surface area (Å²) in [6.45, 7) is 9.46. The average Bonchev–Trinajstić information content (AvgIpc) is 2.93. The highest BCUT2D eigenvalue weighted by Crippen LogP contribution is 2.27. The number of aryl methyl sites for hydroxylation is 1. The van der Waals surface area contributed by atoms with Crippen LogP contribution in [0.1, 0.15) is 31.1 Å². The summed E-state index contributed by atoms with van der Waals surface area (Å²) >= 11 is 1.60. The normalized spacial score (nSPS) is 11.1. The first-order chi connectivity index (χ1) is 13.9. The number of rotatable bonds is 8. The molecule has 2 heterocycles. The average molecular weight is 414 g/mol. The summed E-state index contributed by atoms with van der Waals surface area (Å²) < 4.78 is 7.61. The van der Waals surface area contributed by atoms with Crippen molar-refractivity contribution in [1.29, 1.82) is 0 Å². The Labute approximate surface area is 175 Å². The number of ether oxygens (including phenoxy) is 1. The third-order valence-corrected chi connectivity index (χ3v) is 5.33. The summed E-state index contributed by atoms with van der Waals surface area (Å²) in [5, 5.41) is 4.12. The third kappa shape index (κ3) is 5.17. The van der Waals surface area contributed by atoms with Crippen LogP contribution in [0.5, 0.6) is 5.75 Å². The van der Waals surface area contributed by atoms with Gasteiger partial charge in [0.25, 0.3) is 0 Å². The van der Waals surface area contributed by atoms with Gasteiger partial charge in [0.15, 0.2) is 5.16 Å². The van der Waals surface area contributed by atoms with Crippen LogP contribution < -0.4 is 15.8 Å². The molecule has 3 aromatic rings. The summed E-state index contributed by atoms with van der Waals surface area (Å²) in [7, 11) is 1.62. The van der Waals surface area contributed by atoms with Crippen molar-refractivity contribution in [3.05, 3.63) is 41.5 Å². The third-order valence-electron chi connectivity index (χ3n) is 4.35. The van der Waals surface area contributed by atoms with Crippen molar-refractivity contribution in [3.8, 4) is 5.75 Å². The molecule has 9 heteroatoms. The highest BCUT2D eigenvalue weighted by atomic mass is 32.2. The zero-order valence-corrected chi connectivity index (χ0v) is 18.2. The van der Waals surface area contributed by atoms with E-state index in [4.69, 9.17) is 15.5 Å². The zero-order valence-electron chi connectivity index (χ0n) is 17.4. The summed E-state index contributed by atoms with van der Waals surface area (Å²) in [6.07, 6.45) is 0. The predicted molar refractivity (Wildman–Crippen MR) is 117 cm³/mol. The molecule has 2 aromatic heterocycles. The van der Waals surface area contributed by atoms with Gasteiger partial charge < -0.3 is 20.4 Å². The second-order valence-electron chi connectivity index (χ2n) is 7.12. The van der Waals surface area contributed by atoms with Crippen molar-refractivity contribution < 1.29 is 4.74 Å². The maximum atomic E-state index is 5.91. The number of anilines is 3. The number of nitrogens with zero attached hydrogens (tertiary/aromatic N) is 5. The molecular formula is C20H27N7OS. The molecule has 8 nitrogen and oxygen atoms in total. The van der Waals surface area contributed by atoms with Crippen LogP contribution in [0.4, 0.5) is 17.6 Å². The lowest BCUT2D eigenvalue weighted by molar-refractivity contribution is 0.417. The molecule has 0 aliphatic carbocycles. The first kappa shape index (κ1) is 20.9. The molecule has 0 aliphatic rings. The highest BCUT2D eigenvalue weighted by molar-refractivity contribution is 7.98. The maximum absolute atomic E-state index is 5.91. The molecule has 0 radical (unpaired) electrons. The molecule has 0 spiro atoms. The Morgan fingerprint density at radius 1 is 1.14 bits per heavy atom. The molecule has 0 aliphatic heterocycles. The van der Waals surface area contributed by atoms with Crippen molar-refractivity contribution >= 4 is 29.3 Å². The molecule has 0 saturated heterocycles. The number of benzene rings is 1. The van der Waals surface area contributed by atoms with Gasteiger partial charge in [-0.15, -0.1) is 0 Å².